The van der Waals surface area contributed by atoms with Gasteiger partial charge in [0.2, 0.25) is 0 Å². The number of hydrogen-bond acceptors (Lipinski definition) is 4. The molecule has 0 amide bonds. The van der Waals surface area contributed by atoms with Crippen molar-refractivity contribution in [1.82, 2.24) is 0 Å². The number of hydrogen-bond donors (Lipinski definition) is 3. The quantitative estimate of drug-likeness (QED) is 0.632. The van der Waals surface area contributed by atoms with Crippen molar-refractivity contribution in [2.24, 2.45) is 28.9 Å². The number of benzene rings is 1. The first kappa shape index (κ1) is 19.7. The van der Waals surface area contributed by atoms with Gasteiger partial charge in [0.15, 0.2) is 0 Å². The van der Waals surface area contributed by atoms with Gasteiger partial charge in [-0.3, -0.25) is 0 Å². The summed E-state index contributed by atoms with van der Waals surface area (Å²) in [7, 11) is 0. The average Bonchev–Trinajstić information content (AvgIpc) is 2.67. The molecular formula is C22H35NO3. The van der Waals surface area contributed by atoms with Crippen LogP contribution in [0.25, 0.3) is 0 Å². The van der Waals surface area contributed by atoms with Crippen molar-refractivity contribution in [2.45, 2.75) is 57.9 Å². The summed E-state index contributed by atoms with van der Waals surface area (Å²) in [5, 5.41) is 18.5. The number of fused-ring (bicyclic) bond motifs is 2. The van der Waals surface area contributed by atoms with Crippen LogP contribution in [0.1, 0.15) is 51.5 Å². The minimum absolute atomic E-state index is 0.204. The summed E-state index contributed by atoms with van der Waals surface area (Å²) in [5.41, 5.74) is 6.71. The molecule has 0 aliphatic heterocycles. The third kappa shape index (κ3) is 4.08. The van der Waals surface area contributed by atoms with Gasteiger partial charge in [-0.25, -0.2) is 0 Å². The highest BCUT2D eigenvalue weighted by Crippen LogP contribution is 2.61. The molecule has 3 aliphatic carbocycles. The fourth-order valence-electron chi connectivity index (χ4n) is 4.99. The highest BCUT2D eigenvalue weighted by Gasteiger charge is 2.53. The summed E-state index contributed by atoms with van der Waals surface area (Å²) in [5.74, 6) is 3.59. The second-order valence-electron chi connectivity index (χ2n) is 9.16. The molecule has 3 aliphatic rings. The van der Waals surface area contributed by atoms with Gasteiger partial charge in [-0.15, -0.1) is 0 Å². The SMILES string of the molecule is CC1(C)C2CCC(CCOc3ccc(CCC(N)(CO)CO)cc3)C1C2. The van der Waals surface area contributed by atoms with Crippen LogP contribution in [0, 0.1) is 23.2 Å². The second-order valence-corrected chi connectivity index (χ2v) is 9.16. The van der Waals surface area contributed by atoms with Gasteiger partial charge in [-0.2, -0.15) is 0 Å². The Hall–Kier alpha value is -1.10. The molecule has 4 rings (SSSR count). The van der Waals surface area contributed by atoms with Gasteiger partial charge in [0.05, 0.1) is 25.4 Å². The Morgan fingerprint density at radius 3 is 2.42 bits per heavy atom. The van der Waals surface area contributed by atoms with Crippen LogP contribution < -0.4 is 10.5 Å². The number of ether oxygens (including phenoxy) is 1. The van der Waals surface area contributed by atoms with E-state index in [2.05, 4.69) is 13.8 Å². The molecule has 0 spiro atoms. The first-order chi connectivity index (χ1) is 12.4. The lowest BCUT2D eigenvalue weighted by molar-refractivity contribution is -0.108. The van der Waals surface area contributed by atoms with Crippen LogP contribution in [0.2, 0.25) is 0 Å². The van der Waals surface area contributed by atoms with E-state index in [1.807, 2.05) is 24.3 Å². The molecule has 3 atom stereocenters. The molecule has 4 heteroatoms. The molecule has 3 unspecified atom stereocenters. The zero-order valence-electron chi connectivity index (χ0n) is 16.3. The number of nitrogens with two attached hydrogens (primary N) is 1. The molecule has 0 saturated heterocycles. The molecule has 1 aromatic rings. The van der Waals surface area contributed by atoms with E-state index in [9.17, 15) is 10.2 Å². The van der Waals surface area contributed by atoms with Crippen LogP contribution in [0.3, 0.4) is 0 Å². The Kier molecular flexibility index (Phi) is 5.95. The van der Waals surface area contributed by atoms with Crippen molar-refractivity contribution in [3.05, 3.63) is 29.8 Å². The summed E-state index contributed by atoms with van der Waals surface area (Å²) >= 11 is 0. The Bertz CT molecular complexity index is 578. The first-order valence-corrected chi connectivity index (χ1v) is 10.1. The van der Waals surface area contributed by atoms with Gasteiger partial charge < -0.3 is 20.7 Å². The lowest BCUT2D eigenvalue weighted by atomic mass is 9.45. The van der Waals surface area contributed by atoms with E-state index in [-0.39, 0.29) is 13.2 Å². The van der Waals surface area contributed by atoms with Crippen LogP contribution in [0.5, 0.6) is 5.75 Å². The Morgan fingerprint density at radius 2 is 1.85 bits per heavy atom. The molecular weight excluding hydrogens is 326 g/mol. The van der Waals surface area contributed by atoms with Crippen LogP contribution in [-0.2, 0) is 6.42 Å². The average molecular weight is 362 g/mol. The van der Waals surface area contributed by atoms with E-state index in [0.29, 0.717) is 11.8 Å². The van der Waals surface area contributed by atoms with Crippen molar-refractivity contribution < 1.29 is 14.9 Å². The van der Waals surface area contributed by atoms with E-state index >= 15 is 0 Å². The smallest absolute Gasteiger partial charge is 0.119 e. The number of rotatable bonds is 9. The molecule has 0 aromatic heterocycles. The summed E-state index contributed by atoms with van der Waals surface area (Å²) in [4.78, 5) is 0. The van der Waals surface area contributed by atoms with E-state index in [4.69, 9.17) is 10.5 Å². The maximum atomic E-state index is 9.26. The maximum absolute atomic E-state index is 9.26. The summed E-state index contributed by atoms with van der Waals surface area (Å²) in [6.07, 6.45) is 6.64. The van der Waals surface area contributed by atoms with Crippen molar-refractivity contribution in [2.75, 3.05) is 19.8 Å². The van der Waals surface area contributed by atoms with E-state index in [1.165, 1.54) is 19.3 Å². The van der Waals surface area contributed by atoms with Crippen molar-refractivity contribution in [1.29, 1.82) is 0 Å². The van der Waals surface area contributed by atoms with Crippen LogP contribution in [0.15, 0.2) is 24.3 Å². The lowest BCUT2D eigenvalue weighted by Crippen LogP contribution is -2.52. The minimum Gasteiger partial charge on any atom is -0.494 e. The third-order valence-electron chi connectivity index (χ3n) is 7.22. The van der Waals surface area contributed by atoms with Crippen molar-refractivity contribution in [3.8, 4) is 5.75 Å². The molecule has 4 N–H and O–H groups in total. The highest BCUT2D eigenvalue weighted by molar-refractivity contribution is 5.27. The van der Waals surface area contributed by atoms with Crippen molar-refractivity contribution in [3.63, 3.8) is 0 Å². The predicted molar refractivity (Wildman–Crippen MR) is 104 cm³/mol. The van der Waals surface area contributed by atoms with Gasteiger partial charge in [-0.05, 0) is 79.4 Å². The summed E-state index contributed by atoms with van der Waals surface area (Å²) in [6.45, 7) is 5.28. The molecule has 26 heavy (non-hydrogen) atoms. The number of aliphatic hydroxyl groups excluding tert-OH is 2. The normalized spacial score (nSPS) is 27.0. The zero-order valence-corrected chi connectivity index (χ0v) is 16.3. The lowest BCUT2D eigenvalue weighted by Gasteiger charge is -2.60. The fourth-order valence-corrected chi connectivity index (χ4v) is 4.99. The first-order valence-electron chi connectivity index (χ1n) is 10.1. The van der Waals surface area contributed by atoms with Gasteiger partial charge in [0, 0.05) is 0 Å². The second kappa shape index (κ2) is 7.87. The van der Waals surface area contributed by atoms with Gasteiger partial charge in [0.25, 0.3) is 0 Å². The standard InChI is InChI=1S/C22H35NO3/c1-21(2)18-6-5-17(20(21)13-18)10-12-26-19-7-3-16(4-8-19)9-11-22(23,14-24)15-25/h3-4,7-8,17-18,20,24-25H,5-6,9-15,23H2,1-2H3. The zero-order chi connectivity index (χ0) is 18.8. The Labute approximate surface area is 157 Å². The molecule has 146 valence electrons. The van der Waals surface area contributed by atoms with Crippen molar-refractivity contribution >= 4 is 0 Å². The molecule has 2 bridgehead atoms. The molecule has 1 aromatic carbocycles. The number of aryl methyl sites for hydroxylation is 1. The van der Waals surface area contributed by atoms with E-state index in [0.717, 1.165) is 48.5 Å². The Balaban J connectivity index is 1.42. The van der Waals surface area contributed by atoms with Gasteiger partial charge >= 0.3 is 0 Å². The highest BCUT2D eigenvalue weighted by atomic mass is 16.5. The largest absolute Gasteiger partial charge is 0.494 e. The van der Waals surface area contributed by atoms with Gasteiger partial charge in [0.1, 0.15) is 5.75 Å². The van der Waals surface area contributed by atoms with E-state index < -0.39 is 5.54 Å². The van der Waals surface area contributed by atoms with Gasteiger partial charge in [-0.1, -0.05) is 26.0 Å². The maximum Gasteiger partial charge on any atom is 0.119 e. The third-order valence-corrected chi connectivity index (χ3v) is 7.22. The topological polar surface area (TPSA) is 75.7 Å². The molecule has 0 heterocycles. The monoisotopic (exact) mass is 361 g/mol. The molecule has 3 fully saturated rings. The molecule has 4 nitrogen and oxygen atoms in total. The minimum atomic E-state index is -0.899. The van der Waals surface area contributed by atoms with Crippen LogP contribution in [-0.4, -0.2) is 35.6 Å². The summed E-state index contributed by atoms with van der Waals surface area (Å²) < 4.78 is 5.98. The predicted octanol–water partition coefficient (Wildman–Crippen LogP) is 3.14. The van der Waals surface area contributed by atoms with Crippen LogP contribution in [0.4, 0.5) is 0 Å². The fraction of sp³-hybridized carbons (Fsp3) is 0.727. The Morgan fingerprint density at radius 1 is 1.15 bits per heavy atom. The van der Waals surface area contributed by atoms with E-state index in [1.54, 1.807) is 0 Å². The number of aliphatic hydroxyl groups is 2. The molecule has 0 radical (unpaired) electrons. The molecule has 3 saturated carbocycles. The summed E-state index contributed by atoms with van der Waals surface area (Å²) in [6, 6.07) is 8.11. The van der Waals surface area contributed by atoms with Crippen LogP contribution >= 0.6 is 0 Å².